The van der Waals surface area contributed by atoms with E-state index in [4.69, 9.17) is 15.2 Å². The number of benzene rings is 3. The normalized spacial score (nSPS) is 11.7. The van der Waals surface area contributed by atoms with E-state index in [9.17, 15) is 15.0 Å². The summed E-state index contributed by atoms with van der Waals surface area (Å²) in [5.74, 6) is -0.539. The molecule has 180 valence electrons. The molecule has 9 nitrogen and oxygen atoms in total. The molecule has 5 N–H and O–H groups in total. The third-order valence-electron chi connectivity index (χ3n) is 4.95. The van der Waals surface area contributed by atoms with E-state index < -0.39 is 5.97 Å². The number of nitrogens with one attached hydrogen (secondary N) is 1. The molecule has 0 saturated carbocycles. The van der Waals surface area contributed by atoms with Crippen molar-refractivity contribution < 1.29 is 24.5 Å². The van der Waals surface area contributed by atoms with Gasteiger partial charge in [-0.25, -0.2) is 14.8 Å². The maximum absolute atomic E-state index is 11.7. The van der Waals surface area contributed by atoms with Crippen LogP contribution in [-0.2, 0) is 9.47 Å². The van der Waals surface area contributed by atoms with Crippen molar-refractivity contribution >= 4 is 29.0 Å². The molecule has 0 atom stereocenters. The first kappa shape index (κ1) is 25.0. The molecule has 3 aromatic carbocycles. The number of ether oxygens (including phenoxy) is 2. The van der Waals surface area contributed by atoms with Crippen molar-refractivity contribution in [2.75, 3.05) is 26.3 Å². The van der Waals surface area contributed by atoms with Crippen LogP contribution in [0.4, 0.5) is 5.69 Å². The molecular formula is C26H26N4O5. The lowest BCUT2D eigenvalue weighted by molar-refractivity contribution is 0.0600. The number of phenols is 2. The molecule has 9 heteroatoms. The Bertz CT molecular complexity index is 1280. The summed E-state index contributed by atoms with van der Waals surface area (Å²) in [4.78, 5) is 20.6. The van der Waals surface area contributed by atoms with Crippen molar-refractivity contribution in [1.29, 1.82) is 0 Å². The van der Waals surface area contributed by atoms with E-state index >= 15 is 0 Å². The summed E-state index contributed by atoms with van der Waals surface area (Å²) in [6, 6.07) is 17.9. The highest BCUT2D eigenvalue weighted by Gasteiger charge is 2.14. The summed E-state index contributed by atoms with van der Waals surface area (Å²) in [6.07, 6.45) is 0. The number of aromatic hydroxyl groups is 2. The van der Waals surface area contributed by atoms with Gasteiger partial charge in [-0.3, -0.25) is 0 Å². The summed E-state index contributed by atoms with van der Waals surface area (Å²) in [5.41, 5.74) is 8.78. The predicted molar refractivity (Wildman–Crippen MR) is 136 cm³/mol. The topological polar surface area (TPSA) is 139 Å². The van der Waals surface area contributed by atoms with E-state index in [1.807, 2.05) is 0 Å². The van der Waals surface area contributed by atoms with Crippen LogP contribution in [0.3, 0.4) is 0 Å². The SMILES string of the molecule is C=C(N=C(N=C(N)c1ccc(NCOC)cc1O)c1ccccc1O)c1ccc(C(=O)OC)cc1. The fraction of sp³-hybridized carbons (Fsp3) is 0.115. The van der Waals surface area contributed by atoms with Crippen LogP contribution in [-0.4, -0.2) is 48.8 Å². The molecule has 0 aliphatic carbocycles. The number of aliphatic imine (C=N–C) groups is 2. The number of para-hydroxylation sites is 1. The van der Waals surface area contributed by atoms with Gasteiger partial charge in [0.05, 0.1) is 29.5 Å². The molecule has 0 radical (unpaired) electrons. The Morgan fingerprint density at radius 1 is 0.943 bits per heavy atom. The maximum Gasteiger partial charge on any atom is 0.337 e. The van der Waals surface area contributed by atoms with E-state index in [0.29, 0.717) is 28.1 Å². The molecule has 3 rings (SSSR count). The number of nitrogens with zero attached hydrogens (tertiary/aromatic N) is 2. The van der Waals surface area contributed by atoms with Crippen LogP contribution in [0.15, 0.2) is 83.3 Å². The van der Waals surface area contributed by atoms with E-state index in [-0.39, 0.29) is 35.5 Å². The number of hydrogen-bond acceptors (Lipinski definition) is 7. The molecule has 0 amide bonds. The first-order valence-corrected chi connectivity index (χ1v) is 10.5. The number of nitrogens with two attached hydrogens (primary N) is 1. The molecule has 3 aromatic rings. The molecule has 0 aromatic heterocycles. The monoisotopic (exact) mass is 474 g/mol. The van der Waals surface area contributed by atoms with Crippen molar-refractivity contribution in [3.05, 3.63) is 95.6 Å². The van der Waals surface area contributed by atoms with Gasteiger partial charge in [0.15, 0.2) is 5.84 Å². The van der Waals surface area contributed by atoms with Crippen molar-refractivity contribution in [1.82, 2.24) is 0 Å². The molecule has 0 heterocycles. The van der Waals surface area contributed by atoms with Crippen LogP contribution < -0.4 is 11.1 Å². The number of hydrogen-bond donors (Lipinski definition) is 4. The Hall–Kier alpha value is -4.63. The zero-order chi connectivity index (χ0) is 25.4. The number of methoxy groups -OCH3 is 2. The largest absolute Gasteiger partial charge is 0.507 e. The van der Waals surface area contributed by atoms with Crippen LogP contribution in [0.25, 0.3) is 5.70 Å². The maximum atomic E-state index is 11.7. The standard InChI is InChI=1S/C26H26N4O5/c1-16(17-8-10-18(11-9-17)26(33)35-3)29-25(21-6-4-5-7-22(21)31)30-24(27)20-13-12-19(14-23(20)32)28-15-34-2/h4-14,28,31-32H,1,15H2,2-3H3,(H2,27,29,30). The van der Waals surface area contributed by atoms with Crippen molar-refractivity contribution in [2.45, 2.75) is 0 Å². The van der Waals surface area contributed by atoms with Crippen LogP contribution in [0.1, 0.15) is 27.0 Å². The minimum Gasteiger partial charge on any atom is -0.507 e. The van der Waals surface area contributed by atoms with Gasteiger partial charge in [-0.05, 0) is 42.0 Å². The summed E-state index contributed by atoms with van der Waals surface area (Å²) in [5, 5.41) is 23.8. The molecular weight excluding hydrogens is 448 g/mol. The molecule has 0 aliphatic rings. The number of amidine groups is 2. The zero-order valence-corrected chi connectivity index (χ0v) is 19.4. The zero-order valence-electron chi connectivity index (χ0n) is 19.4. The van der Waals surface area contributed by atoms with E-state index in [2.05, 4.69) is 21.9 Å². The fourth-order valence-electron chi connectivity index (χ4n) is 3.11. The molecule has 0 fully saturated rings. The van der Waals surface area contributed by atoms with Gasteiger partial charge in [0.1, 0.15) is 24.1 Å². The minimum absolute atomic E-state index is 0.0170. The number of carbonyl (C=O) groups is 1. The number of carbonyl (C=O) groups excluding carboxylic acids is 1. The fourth-order valence-corrected chi connectivity index (χ4v) is 3.11. The van der Waals surface area contributed by atoms with Gasteiger partial charge < -0.3 is 30.7 Å². The summed E-state index contributed by atoms with van der Waals surface area (Å²) >= 11 is 0. The molecule has 0 aliphatic heterocycles. The van der Waals surface area contributed by atoms with E-state index in [1.165, 1.54) is 19.2 Å². The van der Waals surface area contributed by atoms with Gasteiger partial charge in [0.2, 0.25) is 0 Å². The number of phenolic OH excluding ortho intramolecular Hbond substituents is 2. The second-order valence-corrected chi connectivity index (χ2v) is 7.31. The lowest BCUT2D eigenvalue weighted by atomic mass is 10.1. The van der Waals surface area contributed by atoms with E-state index in [0.717, 1.165) is 0 Å². The Morgan fingerprint density at radius 3 is 2.26 bits per heavy atom. The van der Waals surface area contributed by atoms with Crippen LogP contribution in [0.2, 0.25) is 0 Å². The van der Waals surface area contributed by atoms with Gasteiger partial charge in [-0.15, -0.1) is 0 Å². The molecule has 0 unspecified atom stereocenters. The summed E-state index contributed by atoms with van der Waals surface area (Å²) < 4.78 is 9.68. The average molecular weight is 475 g/mol. The lowest BCUT2D eigenvalue weighted by Crippen LogP contribution is -2.17. The van der Waals surface area contributed by atoms with Gasteiger partial charge in [-0.1, -0.05) is 30.8 Å². The third-order valence-corrected chi connectivity index (χ3v) is 4.95. The lowest BCUT2D eigenvalue weighted by Gasteiger charge is -2.11. The summed E-state index contributed by atoms with van der Waals surface area (Å²) in [7, 11) is 2.86. The Balaban J connectivity index is 2.00. The number of rotatable bonds is 8. The highest BCUT2D eigenvalue weighted by atomic mass is 16.5. The van der Waals surface area contributed by atoms with Gasteiger partial charge in [-0.2, -0.15) is 0 Å². The smallest absolute Gasteiger partial charge is 0.337 e. The summed E-state index contributed by atoms with van der Waals surface area (Å²) in [6.45, 7) is 4.26. The Morgan fingerprint density at radius 2 is 1.63 bits per heavy atom. The number of anilines is 1. The molecule has 0 bridgehead atoms. The molecule has 35 heavy (non-hydrogen) atoms. The third kappa shape index (κ3) is 6.24. The highest BCUT2D eigenvalue weighted by molar-refractivity contribution is 6.14. The Labute approximate surface area is 202 Å². The minimum atomic E-state index is -0.457. The molecule has 0 saturated heterocycles. The van der Waals surface area contributed by atoms with Crippen molar-refractivity contribution in [3.8, 4) is 11.5 Å². The van der Waals surface area contributed by atoms with E-state index in [1.54, 1.807) is 61.7 Å². The highest BCUT2D eigenvalue weighted by Crippen LogP contribution is 2.25. The second kappa shape index (κ2) is 11.5. The first-order valence-electron chi connectivity index (χ1n) is 10.5. The average Bonchev–Trinajstić information content (AvgIpc) is 2.86. The van der Waals surface area contributed by atoms with Gasteiger partial charge >= 0.3 is 5.97 Å². The number of esters is 1. The van der Waals surface area contributed by atoms with Gasteiger partial charge in [0.25, 0.3) is 0 Å². The van der Waals surface area contributed by atoms with Crippen LogP contribution >= 0.6 is 0 Å². The second-order valence-electron chi connectivity index (χ2n) is 7.31. The van der Waals surface area contributed by atoms with Crippen molar-refractivity contribution in [3.63, 3.8) is 0 Å². The predicted octanol–water partition coefficient (Wildman–Crippen LogP) is 3.72. The van der Waals surface area contributed by atoms with Crippen LogP contribution in [0, 0.1) is 0 Å². The first-order chi connectivity index (χ1) is 16.8. The molecule has 0 spiro atoms. The Kier molecular flexibility index (Phi) is 8.20. The van der Waals surface area contributed by atoms with Gasteiger partial charge in [0, 0.05) is 18.9 Å². The van der Waals surface area contributed by atoms with Crippen molar-refractivity contribution in [2.24, 2.45) is 15.7 Å². The quantitative estimate of drug-likeness (QED) is 0.169. The van der Waals surface area contributed by atoms with Crippen LogP contribution in [0.5, 0.6) is 11.5 Å².